The summed E-state index contributed by atoms with van der Waals surface area (Å²) in [6, 6.07) is 5.41. The first-order chi connectivity index (χ1) is 12.6. The van der Waals surface area contributed by atoms with Gasteiger partial charge in [0.2, 0.25) is 5.91 Å². The Hall–Kier alpha value is -2.03. The van der Waals surface area contributed by atoms with E-state index in [2.05, 4.69) is 16.0 Å². The maximum atomic E-state index is 12.0. The number of carbonyl (C=O) groups excluding carboxylic acids is 2. The molecule has 152 valence electrons. The second kappa shape index (κ2) is 12.4. The van der Waals surface area contributed by atoms with Crippen LogP contribution < -0.4 is 25.4 Å². The molecule has 3 N–H and O–H groups in total. The van der Waals surface area contributed by atoms with Crippen molar-refractivity contribution in [1.82, 2.24) is 16.0 Å². The van der Waals surface area contributed by atoms with Gasteiger partial charge in [-0.25, -0.2) is 0 Å². The van der Waals surface area contributed by atoms with Crippen molar-refractivity contribution in [2.45, 2.75) is 25.9 Å². The zero-order valence-corrected chi connectivity index (χ0v) is 16.5. The maximum Gasteiger partial charge on any atom is 0.257 e. The van der Waals surface area contributed by atoms with E-state index in [1.165, 1.54) is 7.11 Å². The molecule has 0 aromatic heterocycles. The SMILES string of the molecule is CCNC(=O)COc1ccc(CNC(=O)CC2COCCN2)cc1OC.Cl. The standard InChI is InChI=1S/C18H27N3O5.ClH/c1-3-19-18(23)12-26-15-5-4-13(8-16(15)24-2)10-21-17(22)9-14-11-25-7-6-20-14;/h4-5,8,14,20H,3,6-7,9-12H2,1-2H3,(H,19,23)(H,21,22);1H. The molecule has 0 radical (unpaired) electrons. The van der Waals surface area contributed by atoms with E-state index in [1.54, 1.807) is 12.1 Å². The number of methoxy groups -OCH3 is 1. The van der Waals surface area contributed by atoms with Crippen molar-refractivity contribution in [2.75, 3.05) is 40.0 Å². The minimum absolute atomic E-state index is 0. The summed E-state index contributed by atoms with van der Waals surface area (Å²) in [7, 11) is 1.53. The van der Waals surface area contributed by atoms with E-state index in [0.29, 0.717) is 44.2 Å². The number of rotatable bonds is 9. The number of morpholine rings is 1. The average Bonchev–Trinajstić information content (AvgIpc) is 2.66. The van der Waals surface area contributed by atoms with E-state index >= 15 is 0 Å². The van der Waals surface area contributed by atoms with Crippen molar-refractivity contribution >= 4 is 24.2 Å². The fraction of sp³-hybridized carbons (Fsp3) is 0.556. The van der Waals surface area contributed by atoms with Gasteiger partial charge < -0.3 is 30.2 Å². The monoisotopic (exact) mass is 401 g/mol. The molecule has 0 aliphatic carbocycles. The quantitative estimate of drug-likeness (QED) is 0.561. The molecule has 1 aromatic rings. The molecule has 1 aromatic carbocycles. The van der Waals surface area contributed by atoms with Gasteiger partial charge in [0.15, 0.2) is 18.1 Å². The van der Waals surface area contributed by atoms with Crippen molar-refractivity contribution in [2.24, 2.45) is 0 Å². The molecular weight excluding hydrogens is 374 g/mol. The zero-order chi connectivity index (χ0) is 18.8. The number of benzene rings is 1. The van der Waals surface area contributed by atoms with Crippen molar-refractivity contribution in [3.8, 4) is 11.5 Å². The summed E-state index contributed by atoms with van der Waals surface area (Å²) in [5.74, 6) is 0.774. The smallest absolute Gasteiger partial charge is 0.257 e. The van der Waals surface area contributed by atoms with Gasteiger partial charge in [-0.1, -0.05) is 6.07 Å². The van der Waals surface area contributed by atoms with Crippen LogP contribution in [0.4, 0.5) is 0 Å². The van der Waals surface area contributed by atoms with Crippen molar-refractivity contribution in [1.29, 1.82) is 0 Å². The van der Waals surface area contributed by atoms with Crippen molar-refractivity contribution in [3.05, 3.63) is 23.8 Å². The molecule has 2 rings (SSSR count). The molecule has 27 heavy (non-hydrogen) atoms. The Labute approximate surface area is 165 Å². The highest BCUT2D eigenvalue weighted by atomic mass is 35.5. The molecule has 0 bridgehead atoms. The van der Waals surface area contributed by atoms with Crippen LogP contribution in [-0.2, 0) is 20.9 Å². The number of nitrogens with one attached hydrogen (secondary N) is 3. The van der Waals surface area contributed by atoms with Crippen molar-refractivity contribution < 1.29 is 23.8 Å². The Bertz CT molecular complexity index is 609. The highest BCUT2D eigenvalue weighted by Crippen LogP contribution is 2.28. The van der Waals surface area contributed by atoms with Gasteiger partial charge in [0.25, 0.3) is 5.91 Å². The van der Waals surface area contributed by atoms with Crippen LogP contribution in [0.5, 0.6) is 11.5 Å². The molecule has 8 nitrogen and oxygen atoms in total. The fourth-order valence-electron chi connectivity index (χ4n) is 2.58. The van der Waals surface area contributed by atoms with Crippen LogP contribution in [-0.4, -0.2) is 57.9 Å². The first-order valence-electron chi connectivity index (χ1n) is 8.76. The van der Waals surface area contributed by atoms with Crippen LogP contribution in [0.3, 0.4) is 0 Å². The lowest BCUT2D eigenvalue weighted by molar-refractivity contribution is -0.123. The Kier molecular flexibility index (Phi) is 10.5. The van der Waals surface area contributed by atoms with E-state index in [-0.39, 0.29) is 36.9 Å². The van der Waals surface area contributed by atoms with Gasteiger partial charge in [-0.05, 0) is 24.6 Å². The molecule has 1 aliphatic rings. The third-order valence-corrected chi connectivity index (χ3v) is 3.88. The molecule has 1 unspecified atom stereocenters. The molecule has 1 fully saturated rings. The Morgan fingerprint density at radius 2 is 2.07 bits per heavy atom. The number of ether oxygens (including phenoxy) is 3. The molecule has 0 spiro atoms. The Balaban J connectivity index is 0.00000364. The van der Waals surface area contributed by atoms with Crippen LogP contribution >= 0.6 is 12.4 Å². The van der Waals surface area contributed by atoms with Gasteiger partial charge in [-0.15, -0.1) is 12.4 Å². The van der Waals surface area contributed by atoms with E-state index in [4.69, 9.17) is 14.2 Å². The van der Waals surface area contributed by atoms with Gasteiger partial charge >= 0.3 is 0 Å². The highest BCUT2D eigenvalue weighted by Gasteiger charge is 2.16. The summed E-state index contributed by atoms with van der Waals surface area (Å²) in [4.78, 5) is 23.5. The molecule has 1 saturated heterocycles. The summed E-state index contributed by atoms with van der Waals surface area (Å²) >= 11 is 0. The summed E-state index contributed by atoms with van der Waals surface area (Å²) < 4.78 is 16.1. The lowest BCUT2D eigenvalue weighted by Gasteiger charge is -2.23. The highest BCUT2D eigenvalue weighted by molar-refractivity contribution is 5.85. The Morgan fingerprint density at radius 3 is 2.74 bits per heavy atom. The van der Waals surface area contributed by atoms with E-state index in [1.807, 2.05) is 13.0 Å². The van der Waals surface area contributed by atoms with Crippen LogP contribution in [0, 0.1) is 0 Å². The van der Waals surface area contributed by atoms with Gasteiger partial charge in [-0.2, -0.15) is 0 Å². The lowest BCUT2D eigenvalue weighted by atomic mass is 10.1. The number of hydrogen-bond acceptors (Lipinski definition) is 6. The molecule has 0 saturated carbocycles. The minimum atomic E-state index is -0.189. The first kappa shape index (κ1) is 23.0. The van der Waals surface area contributed by atoms with Gasteiger partial charge in [0.1, 0.15) is 0 Å². The van der Waals surface area contributed by atoms with Gasteiger partial charge in [-0.3, -0.25) is 9.59 Å². The predicted molar refractivity (Wildman–Crippen MR) is 103 cm³/mol. The summed E-state index contributed by atoms with van der Waals surface area (Å²) in [6.07, 6.45) is 0.380. The first-order valence-corrected chi connectivity index (χ1v) is 8.76. The minimum Gasteiger partial charge on any atom is -0.493 e. The molecule has 1 atom stereocenters. The molecule has 1 aliphatic heterocycles. The summed E-state index contributed by atoms with van der Waals surface area (Å²) in [6.45, 7) is 4.73. The summed E-state index contributed by atoms with van der Waals surface area (Å²) in [5.41, 5.74) is 0.883. The third-order valence-electron chi connectivity index (χ3n) is 3.88. The normalized spacial score (nSPS) is 16.0. The van der Waals surface area contributed by atoms with Crippen LogP contribution in [0.15, 0.2) is 18.2 Å². The third kappa shape index (κ3) is 8.03. The number of halogens is 1. The average molecular weight is 402 g/mol. The lowest BCUT2D eigenvalue weighted by Crippen LogP contribution is -2.44. The van der Waals surface area contributed by atoms with E-state index in [0.717, 1.165) is 12.1 Å². The molecule has 9 heteroatoms. The van der Waals surface area contributed by atoms with Crippen LogP contribution in [0.1, 0.15) is 18.9 Å². The second-order valence-corrected chi connectivity index (χ2v) is 5.93. The predicted octanol–water partition coefficient (Wildman–Crippen LogP) is 0.627. The second-order valence-electron chi connectivity index (χ2n) is 5.93. The Morgan fingerprint density at radius 1 is 1.26 bits per heavy atom. The van der Waals surface area contributed by atoms with Gasteiger partial charge in [0.05, 0.1) is 20.3 Å². The van der Waals surface area contributed by atoms with Crippen LogP contribution in [0.25, 0.3) is 0 Å². The maximum absolute atomic E-state index is 12.0. The van der Waals surface area contributed by atoms with E-state index < -0.39 is 0 Å². The van der Waals surface area contributed by atoms with Crippen LogP contribution in [0.2, 0.25) is 0 Å². The van der Waals surface area contributed by atoms with Crippen molar-refractivity contribution in [3.63, 3.8) is 0 Å². The summed E-state index contributed by atoms with van der Waals surface area (Å²) in [5, 5.41) is 8.80. The van der Waals surface area contributed by atoms with E-state index in [9.17, 15) is 9.59 Å². The molecule has 1 heterocycles. The number of carbonyl (C=O) groups is 2. The number of hydrogen-bond donors (Lipinski definition) is 3. The topological polar surface area (TPSA) is 97.9 Å². The number of amides is 2. The number of likely N-dealkylation sites (N-methyl/N-ethyl adjacent to an activating group) is 1. The molecular formula is C18H28ClN3O5. The molecule has 2 amide bonds. The van der Waals surface area contributed by atoms with Gasteiger partial charge in [0, 0.05) is 32.1 Å². The fourth-order valence-corrected chi connectivity index (χ4v) is 2.58. The largest absolute Gasteiger partial charge is 0.493 e. The zero-order valence-electron chi connectivity index (χ0n) is 15.7.